The van der Waals surface area contributed by atoms with Crippen LogP contribution in [0.5, 0.6) is 11.5 Å². The Balaban J connectivity index is 1.30. The summed E-state index contributed by atoms with van der Waals surface area (Å²) in [6, 6.07) is 4.54. The van der Waals surface area contributed by atoms with E-state index in [-0.39, 0.29) is 17.2 Å². The zero-order valence-corrected chi connectivity index (χ0v) is 23.0. The van der Waals surface area contributed by atoms with E-state index >= 15 is 0 Å². The van der Waals surface area contributed by atoms with Crippen molar-refractivity contribution >= 4 is 22.7 Å². The SMILES string of the molecule is C[N+](C)(C)CCCNc1c(NCCCCCCNc2c(NCCc3ccc(O)c(O)c3)c(=O)c2=O)c(=O)c1=O. The van der Waals surface area contributed by atoms with E-state index in [1.54, 1.807) is 6.07 Å². The Hall–Kier alpha value is -3.86. The zero-order chi connectivity index (χ0) is 28.6. The quantitative estimate of drug-likeness (QED) is 0.0603. The van der Waals surface area contributed by atoms with Gasteiger partial charge in [-0.2, -0.15) is 0 Å². The molecule has 0 aliphatic carbocycles. The van der Waals surface area contributed by atoms with Gasteiger partial charge in [-0.15, -0.1) is 0 Å². The number of anilines is 4. The van der Waals surface area contributed by atoms with E-state index in [1.807, 2.05) is 0 Å². The fourth-order valence-electron chi connectivity index (χ4n) is 4.31. The van der Waals surface area contributed by atoms with Gasteiger partial charge in [-0.1, -0.05) is 18.9 Å². The first-order valence-corrected chi connectivity index (χ1v) is 13.4. The molecule has 0 fully saturated rings. The maximum Gasteiger partial charge on any atom is 0.253 e. The van der Waals surface area contributed by atoms with Gasteiger partial charge in [-0.25, -0.2) is 0 Å². The molecule has 0 radical (unpaired) electrons. The summed E-state index contributed by atoms with van der Waals surface area (Å²) in [4.78, 5) is 47.7. The summed E-state index contributed by atoms with van der Waals surface area (Å²) in [6.45, 7) is 3.16. The smallest absolute Gasteiger partial charge is 0.253 e. The lowest BCUT2D eigenvalue weighted by Crippen LogP contribution is -2.39. The van der Waals surface area contributed by atoms with Gasteiger partial charge in [-0.3, -0.25) is 19.2 Å². The van der Waals surface area contributed by atoms with Crippen molar-refractivity contribution in [2.45, 2.75) is 38.5 Å². The molecule has 212 valence electrons. The molecule has 0 bridgehead atoms. The Morgan fingerprint density at radius 1 is 0.590 bits per heavy atom. The average molecular weight is 543 g/mol. The molecule has 39 heavy (non-hydrogen) atoms. The highest BCUT2D eigenvalue weighted by Crippen LogP contribution is 2.25. The molecule has 11 heteroatoms. The highest BCUT2D eigenvalue weighted by molar-refractivity contribution is 5.74. The summed E-state index contributed by atoms with van der Waals surface area (Å²) >= 11 is 0. The van der Waals surface area contributed by atoms with E-state index in [9.17, 15) is 29.4 Å². The van der Waals surface area contributed by atoms with E-state index in [0.29, 0.717) is 49.7 Å². The van der Waals surface area contributed by atoms with E-state index < -0.39 is 21.7 Å². The number of benzene rings is 1. The normalized spacial score (nSPS) is 11.7. The Morgan fingerprint density at radius 2 is 1.03 bits per heavy atom. The van der Waals surface area contributed by atoms with Gasteiger partial charge in [0.1, 0.15) is 22.7 Å². The first-order chi connectivity index (χ1) is 18.5. The number of phenols is 2. The second kappa shape index (κ2) is 13.3. The van der Waals surface area contributed by atoms with Crippen molar-refractivity contribution in [2.24, 2.45) is 0 Å². The minimum Gasteiger partial charge on any atom is -0.504 e. The molecule has 0 aliphatic heterocycles. The average Bonchev–Trinajstić information content (AvgIpc) is 2.89. The maximum atomic E-state index is 12.0. The predicted molar refractivity (Wildman–Crippen MR) is 156 cm³/mol. The van der Waals surface area contributed by atoms with Gasteiger partial charge < -0.3 is 36.0 Å². The van der Waals surface area contributed by atoms with Crippen LogP contribution in [0.1, 0.15) is 37.7 Å². The van der Waals surface area contributed by atoms with Gasteiger partial charge in [0.2, 0.25) is 0 Å². The second-order valence-electron chi connectivity index (χ2n) is 10.9. The third kappa shape index (κ3) is 8.06. The Labute approximate surface area is 227 Å². The van der Waals surface area contributed by atoms with Crippen LogP contribution in [0.25, 0.3) is 0 Å². The lowest BCUT2D eigenvalue weighted by molar-refractivity contribution is -0.870. The van der Waals surface area contributed by atoms with Crippen molar-refractivity contribution in [3.63, 3.8) is 0 Å². The number of nitrogens with one attached hydrogen (secondary N) is 4. The van der Waals surface area contributed by atoms with Crippen LogP contribution in [0.4, 0.5) is 22.7 Å². The monoisotopic (exact) mass is 542 g/mol. The van der Waals surface area contributed by atoms with Crippen molar-refractivity contribution in [1.82, 2.24) is 0 Å². The number of rotatable bonds is 18. The van der Waals surface area contributed by atoms with Crippen LogP contribution in [0.3, 0.4) is 0 Å². The highest BCUT2D eigenvalue weighted by Gasteiger charge is 2.21. The molecular weight excluding hydrogens is 502 g/mol. The van der Waals surface area contributed by atoms with Gasteiger partial charge >= 0.3 is 0 Å². The van der Waals surface area contributed by atoms with Crippen LogP contribution in [-0.2, 0) is 6.42 Å². The molecule has 0 atom stereocenters. The van der Waals surface area contributed by atoms with Gasteiger partial charge in [0.25, 0.3) is 21.7 Å². The number of nitrogens with zero attached hydrogens (tertiary/aromatic N) is 1. The first-order valence-electron chi connectivity index (χ1n) is 13.4. The molecule has 3 aromatic rings. The minimum atomic E-state index is -0.544. The van der Waals surface area contributed by atoms with E-state index in [0.717, 1.165) is 48.7 Å². The summed E-state index contributed by atoms with van der Waals surface area (Å²) in [5.74, 6) is -0.394. The largest absolute Gasteiger partial charge is 0.504 e. The number of hydrogen-bond acceptors (Lipinski definition) is 10. The fraction of sp³-hybridized carbons (Fsp3) is 0.500. The lowest BCUT2D eigenvalue weighted by Gasteiger charge is -2.24. The van der Waals surface area contributed by atoms with Crippen LogP contribution in [0.2, 0.25) is 0 Å². The molecule has 6 N–H and O–H groups in total. The maximum absolute atomic E-state index is 12.0. The summed E-state index contributed by atoms with van der Waals surface area (Å²) in [5.41, 5.74) is 0.148. The van der Waals surface area contributed by atoms with Gasteiger partial charge in [0.05, 0.1) is 27.7 Å². The molecule has 0 aliphatic rings. The molecule has 11 nitrogen and oxygen atoms in total. The third-order valence-corrected chi connectivity index (χ3v) is 6.59. The summed E-state index contributed by atoms with van der Waals surface area (Å²) in [5, 5.41) is 31.2. The molecule has 3 rings (SSSR count). The number of aromatic hydroxyl groups is 2. The van der Waals surface area contributed by atoms with E-state index in [4.69, 9.17) is 0 Å². The zero-order valence-electron chi connectivity index (χ0n) is 23.0. The topological polar surface area (TPSA) is 157 Å². The highest BCUT2D eigenvalue weighted by atomic mass is 16.3. The molecule has 0 amide bonds. The van der Waals surface area contributed by atoms with Crippen LogP contribution in [-0.4, -0.2) is 68.6 Å². The lowest BCUT2D eigenvalue weighted by atomic mass is 10.1. The number of hydrogen-bond donors (Lipinski definition) is 6. The van der Waals surface area contributed by atoms with Crippen molar-refractivity contribution in [1.29, 1.82) is 0 Å². The third-order valence-electron chi connectivity index (χ3n) is 6.59. The van der Waals surface area contributed by atoms with E-state index in [2.05, 4.69) is 42.4 Å². The van der Waals surface area contributed by atoms with Crippen LogP contribution < -0.4 is 43.0 Å². The number of unbranched alkanes of at least 4 members (excludes halogenated alkanes) is 3. The molecule has 3 aromatic carbocycles. The van der Waals surface area contributed by atoms with Gasteiger partial charge in [0.15, 0.2) is 11.5 Å². The van der Waals surface area contributed by atoms with E-state index in [1.165, 1.54) is 12.1 Å². The van der Waals surface area contributed by atoms with Crippen molar-refractivity contribution < 1.29 is 14.7 Å². The fourth-order valence-corrected chi connectivity index (χ4v) is 4.31. The van der Waals surface area contributed by atoms with Crippen molar-refractivity contribution in [3.8, 4) is 11.5 Å². The summed E-state index contributed by atoms with van der Waals surface area (Å²) in [7, 11) is 6.32. The number of quaternary nitrogens is 1. The first kappa shape index (κ1) is 29.7. The number of phenolic OH excluding ortho intramolecular Hbond substituents is 2. The van der Waals surface area contributed by atoms with Crippen molar-refractivity contribution in [2.75, 3.05) is 75.1 Å². The van der Waals surface area contributed by atoms with Crippen LogP contribution >= 0.6 is 0 Å². The molecule has 0 saturated carbocycles. The molecule has 0 spiro atoms. The Kier molecular flexibility index (Phi) is 10.1. The standard InChI is InChI=1S/C28H39N5O6/c1-33(2,3)16-8-14-31-22-21(25(36)26(22)37)29-12-6-4-5-7-13-30-23-24(28(39)27(23)38)32-15-11-18-9-10-19(34)20(35)17-18/h9-10,17H,4-8,11-16H2,1-3H3,(H5-,29,30,31,32,34,35,36,37,38,39)/p+1. The predicted octanol–water partition coefficient (Wildman–Crippen LogP) is 1.54. The Bertz CT molecular complexity index is 1390. The van der Waals surface area contributed by atoms with Crippen LogP contribution in [0, 0.1) is 0 Å². The summed E-state index contributed by atoms with van der Waals surface area (Å²) < 4.78 is 0.840. The molecular formula is C28H40N5O6+. The van der Waals surface area contributed by atoms with Gasteiger partial charge in [0, 0.05) is 32.6 Å². The van der Waals surface area contributed by atoms with Gasteiger partial charge in [-0.05, 0) is 37.0 Å². The molecule has 0 unspecified atom stereocenters. The minimum absolute atomic E-state index is 0.192. The van der Waals surface area contributed by atoms with Crippen LogP contribution in [0.15, 0.2) is 37.4 Å². The molecule has 0 saturated heterocycles. The molecule has 0 aromatic heterocycles. The second-order valence-corrected chi connectivity index (χ2v) is 10.9. The molecule has 0 heterocycles. The Morgan fingerprint density at radius 3 is 1.46 bits per heavy atom. The van der Waals surface area contributed by atoms with Crippen molar-refractivity contribution in [3.05, 3.63) is 64.7 Å². The summed E-state index contributed by atoms with van der Waals surface area (Å²) in [6.07, 6.45) is 4.86.